The minimum absolute atomic E-state index is 1.17. The van der Waals surface area contributed by atoms with E-state index in [0.29, 0.717) is 0 Å². The summed E-state index contributed by atoms with van der Waals surface area (Å²) in [6.07, 6.45) is 0. The van der Waals surface area contributed by atoms with Crippen LogP contribution in [0.25, 0.3) is 284 Å². The Morgan fingerprint density at radius 3 is 0.568 bits per heavy atom. The summed E-state index contributed by atoms with van der Waals surface area (Å²) < 4.78 is 9.58. The second-order valence-corrected chi connectivity index (χ2v) is 39.1. The molecule has 0 spiro atoms. The summed E-state index contributed by atoms with van der Waals surface area (Å²) in [6.45, 7) is 0. The molecule has 4 aromatic heterocycles. The SMILES string of the molecule is c1cc(-c2ccc3c4ccccc4c4ccccc4c3c2)cc(-n2c3ccccc3c3ccccc32)c1.c1ccc(-c2ccc3c(c2)c2ccccc2n3-c2cccc(-c3ccc4c5ccccc5c5ccccc5c4c3)c2)cc1.c1ccc(-n2c3ccccc3c3ccc(-c4ccc5c6ccccc6c6ccccc6c5c4)cc32)cc1.c1ccc2c(c1)c1ccccc1c1cc(-n3c4ccccc4c4ccccc43)ccc21. The van der Waals surface area contributed by atoms with E-state index in [-0.39, 0.29) is 0 Å². The zero-order valence-electron chi connectivity index (χ0n) is 80.9. The first-order valence-corrected chi connectivity index (χ1v) is 51.2. The van der Waals surface area contributed by atoms with Crippen LogP contribution >= 0.6 is 0 Å². The van der Waals surface area contributed by atoms with Crippen molar-refractivity contribution in [2.24, 2.45) is 0 Å². The third kappa shape index (κ3) is 14.1. The highest BCUT2D eigenvalue weighted by atomic mass is 15.0. The van der Waals surface area contributed by atoms with E-state index in [0.717, 1.165) is 0 Å². The third-order valence-electron chi connectivity index (χ3n) is 31.1. The van der Waals surface area contributed by atoms with Crippen molar-refractivity contribution in [3.05, 3.63) is 558 Å². The lowest BCUT2D eigenvalue weighted by molar-refractivity contribution is 1.18. The molecule has 0 fully saturated rings. The predicted octanol–water partition coefficient (Wildman–Crippen LogP) is 39.6. The van der Waals surface area contributed by atoms with Gasteiger partial charge in [-0.2, -0.15) is 0 Å². The Morgan fingerprint density at radius 2 is 0.250 bits per heavy atom. The number of hydrogen-bond donors (Lipinski definition) is 0. The zero-order chi connectivity index (χ0) is 97.4. The molecule has 0 saturated carbocycles. The van der Waals surface area contributed by atoms with Gasteiger partial charge in [-0.05, 0) is 295 Å². The minimum Gasteiger partial charge on any atom is -0.309 e. The van der Waals surface area contributed by atoms with E-state index in [2.05, 4.69) is 576 Å². The summed E-state index contributed by atoms with van der Waals surface area (Å²) in [4.78, 5) is 0. The van der Waals surface area contributed by atoms with Crippen LogP contribution in [0.4, 0.5) is 0 Å². The Hall–Kier alpha value is -19.5. The molecule has 32 rings (SSSR count). The van der Waals surface area contributed by atoms with Gasteiger partial charge in [0.25, 0.3) is 0 Å². The quantitative estimate of drug-likeness (QED) is 0.135. The predicted molar refractivity (Wildman–Crippen MR) is 635 cm³/mol. The Balaban J connectivity index is 0.0000000936. The number of para-hydroxylation sites is 7. The lowest BCUT2D eigenvalue weighted by Crippen LogP contribution is -1.94. The molecule has 0 amide bonds. The molecule has 0 saturated heterocycles. The van der Waals surface area contributed by atoms with E-state index in [1.807, 2.05) is 0 Å². The number of nitrogens with zero attached hydrogens (tertiary/aromatic N) is 4. The normalized spacial score (nSPS) is 11.8. The highest BCUT2D eigenvalue weighted by Crippen LogP contribution is 2.47. The molecule has 0 N–H and O–H groups in total. The summed E-state index contributed by atoms with van der Waals surface area (Å²) >= 11 is 0. The highest BCUT2D eigenvalue weighted by molar-refractivity contribution is 6.30. The van der Waals surface area contributed by atoms with Gasteiger partial charge in [0.2, 0.25) is 0 Å². The average molecular weight is 1880 g/mol. The smallest absolute Gasteiger partial charge is 0.0547 e. The van der Waals surface area contributed by atoms with Gasteiger partial charge in [0.05, 0.1) is 44.1 Å². The minimum atomic E-state index is 1.17. The maximum Gasteiger partial charge on any atom is 0.0547 e. The molecule has 4 nitrogen and oxygen atoms in total. The van der Waals surface area contributed by atoms with Gasteiger partial charge < -0.3 is 18.3 Å². The maximum atomic E-state index is 2.41. The Labute approximate surface area is 853 Å². The van der Waals surface area contributed by atoms with Crippen LogP contribution in [0.5, 0.6) is 0 Å². The van der Waals surface area contributed by atoms with Gasteiger partial charge in [0.1, 0.15) is 0 Å². The number of fused-ring (bicyclic) bond motifs is 36. The monoisotopic (exact) mass is 1880 g/mol. The van der Waals surface area contributed by atoms with Crippen molar-refractivity contribution >= 4 is 216 Å². The molecule has 0 atom stereocenters. The third-order valence-corrected chi connectivity index (χ3v) is 31.1. The van der Waals surface area contributed by atoms with Crippen LogP contribution in [-0.2, 0) is 0 Å². The van der Waals surface area contributed by atoms with Gasteiger partial charge in [-0.15, -0.1) is 0 Å². The van der Waals surface area contributed by atoms with E-state index in [4.69, 9.17) is 0 Å². The Kier molecular flexibility index (Phi) is 20.3. The van der Waals surface area contributed by atoms with Gasteiger partial charge in [0.15, 0.2) is 0 Å². The van der Waals surface area contributed by atoms with E-state index in [1.165, 1.54) is 284 Å². The first kappa shape index (κ1) is 85.3. The second-order valence-electron chi connectivity index (χ2n) is 39.1. The second kappa shape index (κ2) is 35.3. The molecular formula is C144H92N4. The fraction of sp³-hybridized carbons (Fsp3) is 0. The fourth-order valence-corrected chi connectivity index (χ4v) is 24.4. The summed E-state index contributed by atoms with van der Waals surface area (Å²) in [5.74, 6) is 0. The van der Waals surface area contributed by atoms with Crippen molar-refractivity contribution in [3.63, 3.8) is 0 Å². The molecule has 4 heterocycles. The topological polar surface area (TPSA) is 19.7 Å². The molecule has 4 heteroatoms. The summed E-state index contributed by atoms with van der Waals surface area (Å²) in [5.41, 5.74) is 24.4. The summed E-state index contributed by atoms with van der Waals surface area (Å²) in [6, 6.07) is 203. The standard InChI is InChI=1S/C42H27N.2C36H23N.C30H19N/c1-2-11-28(12-3-1)30-22-24-42-40(27-30)38-19-8-9-20-41(38)43(42)32-14-10-13-29(25-32)31-21-23-37-35-17-5-4-15-33(35)34-16-6-7-18-36(34)39(37)26-31;1-2-14-29-27(12-1)28-13-3-4-15-30(28)34-23-25(20-21-31(29)34)24-10-9-11-26(22-24)37-35-18-7-5-16-32(35)33-17-6-8-19-36(33)37;1-2-10-26(11-3-1)37-35-17-9-8-16-32(35)33-21-19-25(23-36(33)37)24-18-20-31-29-14-5-4-12-27(29)28-13-6-7-15-30(28)34(31)22-24;1-2-11-23-21(9-1)22-10-3-4-12-24(22)28-19-20(17-18-25(23)28)31-29-15-7-5-13-26(29)27-14-6-8-16-30(27)31/h1-27H;2*1-23H;1-19H. The molecule has 0 aliphatic carbocycles. The van der Waals surface area contributed by atoms with Crippen molar-refractivity contribution in [1.29, 1.82) is 0 Å². The first-order chi connectivity index (χ1) is 73.5. The van der Waals surface area contributed by atoms with Gasteiger partial charge >= 0.3 is 0 Å². The van der Waals surface area contributed by atoms with Gasteiger partial charge in [-0.1, -0.05) is 437 Å². The van der Waals surface area contributed by atoms with E-state index in [1.54, 1.807) is 0 Å². The first-order valence-electron chi connectivity index (χ1n) is 51.2. The lowest BCUT2D eigenvalue weighted by Gasteiger charge is -2.13. The van der Waals surface area contributed by atoms with Crippen LogP contribution in [0.15, 0.2) is 558 Å². The van der Waals surface area contributed by atoms with E-state index < -0.39 is 0 Å². The average Bonchev–Trinajstić information content (AvgIpc) is 1.17. The molecule has 688 valence electrons. The molecule has 0 aliphatic rings. The number of aromatic nitrogens is 4. The van der Waals surface area contributed by atoms with Crippen LogP contribution in [0, 0.1) is 0 Å². The van der Waals surface area contributed by atoms with Crippen molar-refractivity contribution in [3.8, 4) is 67.3 Å². The van der Waals surface area contributed by atoms with Crippen molar-refractivity contribution in [1.82, 2.24) is 18.3 Å². The molecule has 28 aromatic carbocycles. The van der Waals surface area contributed by atoms with Crippen LogP contribution in [0.1, 0.15) is 0 Å². The molecule has 32 aromatic rings. The van der Waals surface area contributed by atoms with Crippen molar-refractivity contribution < 1.29 is 0 Å². The fourth-order valence-electron chi connectivity index (χ4n) is 24.4. The van der Waals surface area contributed by atoms with Crippen molar-refractivity contribution in [2.45, 2.75) is 0 Å². The highest BCUT2D eigenvalue weighted by Gasteiger charge is 2.23. The number of benzene rings is 28. The molecule has 0 radical (unpaired) electrons. The molecule has 148 heavy (non-hydrogen) atoms. The molecule has 0 aliphatic heterocycles. The number of rotatable bonds is 8. The molecule has 0 bridgehead atoms. The van der Waals surface area contributed by atoms with Crippen molar-refractivity contribution in [2.75, 3.05) is 0 Å². The number of hydrogen-bond acceptors (Lipinski definition) is 0. The largest absolute Gasteiger partial charge is 0.309 e. The zero-order valence-corrected chi connectivity index (χ0v) is 80.9. The van der Waals surface area contributed by atoms with Gasteiger partial charge in [-0.25, -0.2) is 0 Å². The summed E-state index contributed by atoms with van der Waals surface area (Å²) in [5, 5.41) is 41.6. The molecule has 0 unspecified atom stereocenters. The summed E-state index contributed by atoms with van der Waals surface area (Å²) in [7, 11) is 0. The van der Waals surface area contributed by atoms with Crippen LogP contribution in [0.2, 0.25) is 0 Å². The maximum absolute atomic E-state index is 2.41. The van der Waals surface area contributed by atoms with Crippen LogP contribution < -0.4 is 0 Å². The van der Waals surface area contributed by atoms with Crippen LogP contribution in [-0.4, -0.2) is 18.3 Å². The Morgan fingerprint density at radius 1 is 0.0743 bits per heavy atom. The lowest BCUT2D eigenvalue weighted by atomic mass is 9.92. The molecular weight excluding hydrogens is 1790 g/mol. The van der Waals surface area contributed by atoms with E-state index >= 15 is 0 Å². The van der Waals surface area contributed by atoms with Crippen LogP contribution in [0.3, 0.4) is 0 Å². The van der Waals surface area contributed by atoms with E-state index in [9.17, 15) is 0 Å². The van der Waals surface area contributed by atoms with Gasteiger partial charge in [0, 0.05) is 65.8 Å². The van der Waals surface area contributed by atoms with Gasteiger partial charge in [-0.3, -0.25) is 0 Å². The Bertz CT molecular complexity index is 10800.